The quantitative estimate of drug-likeness (QED) is 0.585. The molecule has 3 heteroatoms. The molecule has 0 bridgehead atoms. The smallest absolute Gasteiger partial charge is 0.220 e. The highest BCUT2D eigenvalue weighted by molar-refractivity contribution is 5.76. The van der Waals surface area contributed by atoms with Crippen LogP contribution in [0.2, 0.25) is 0 Å². The standard InChI is InChI=1S/C18H30N2O/c1-2-3-4-5-6-7-8-9-10-17(18(19)21)15-16-11-13-20-14-12-16/h11-14,17H,2-10,15H2,1H3,(H2,19,21). The van der Waals surface area contributed by atoms with Crippen molar-refractivity contribution in [2.45, 2.75) is 71.1 Å². The molecule has 0 fully saturated rings. The molecular formula is C18H30N2O. The summed E-state index contributed by atoms with van der Waals surface area (Å²) in [6, 6.07) is 3.92. The second-order valence-electron chi connectivity index (χ2n) is 5.92. The van der Waals surface area contributed by atoms with E-state index in [0.717, 1.165) is 24.8 Å². The molecule has 1 rings (SSSR count). The molecule has 1 unspecified atom stereocenters. The minimum absolute atomic E-state index is 0.0347. The van der Waals surface area contributed by atoms with Crippen LogP contribution in [-0.4, -0.2) is 10.9 Å². The molecule has 1 aromatic rings. The van der Waals surface area contributed by atoms with Gasteiger partial charge >= 0.3 is 0 Å². The molecule has 0 aliphatic heterocycles. The van der Waals surface area contributed by atoms with Crippen molar-refractivity contribution in [2.75, 3.05) is 0 Å². The van der Waals surface area contributed by atoms with Crippen LogP contribution >= 0.6 is 0 Å². The Morgan fingerprint density at radius 1 is 1.05 bits per heavy atom. The summed E-state index contributed by atoms with van der Waals surface area (Å²) in [5.74, 6) is -0.206. The van der Waals surface area contributed by atoms with Gasteiger partial charge in [-0.1, -0.05) is 58.3 Å². The van der Waals surface area contributed by atoms with E-state index in [1.54, 1.807) is 12.4 Å². The van der Waals surface area contributed by atoms with Gasteiger partial charge in [-0.25, -0.2) is 0 Å². The molecule has 0 aliphatic carbocycles. The molecule has 21 heavy (non-hydrogen) atoms. The first-order valence-corrected chi connectivity index (χ1v) is 8.42. The van der Waals surface area contributed by atoms with E-state index in [-0.39, 0.29) is 11.8 Å². The van der Waals surface area contributed by atoms with Crippen LogP contribution in [0, 0.1) is 5.92 Å². The second kappa shape index (κ2) is 11.3. The molecule has 1 heterocycles. The van der Waals surface area contributed by atoms with Crippen LogP contribution in [0.1, 0.15) is 70.3 Å². The molecule has 3 nitrogen and oxygen atoms in total. The first-order valence-electron chi connectivity index (χ1n) is 8.42. The zero-order valence-corrected chi connectivity index (χ0v) is 13.4. The molecule has 2 N–H and O–H groups in total. The third-order valence-electron chi connectivity index (χ3n) is 4.04. The zero-order chi connectivity index (χ0) is 15.3. The minimum Gasteiger partial charge on any atom is -0.369 e. The average Bonchev–Trinajstić information content (AvgIpc) is 2.49. The number of primary amides is 1. The van der Waals surface area contributed by atoms with E-state index in [9.17, 15) is 4.79 Å². The Labute approximate surface area is 129 Å². The molecule has 1 atom stereocenters. The lowest BCUT2D eigenvalue weighted by Crippen LogP contribution is -2.25. The maximum atomic E-state index is 11.5. The van der Waals surface area contributed by atoms with Gasteiger partial charge in [0.25, 0.3) is 0 Å². The van der Waals surface area contributed by atoms with Crippen LogP contribution in [0.15, 0.2) is 24.5 Å². The number of unbranched alkanes of at least 4 members (excludes halogenated alkanes) is 7. The van der Waals surface area contributed by atoms with Gasteiger partial charge in [-0.15, -0.1) is 0 Å². The summed E-state index contributed by atoms with van der Waals surface area (Å²) in [6.07, 6.45) is 15.5. The van der Waals surface area contributed by atoms with E-state index in [1.807, 2.05) is 12.1 Å². The molecule has 0 aliphatic rings. The minimum atomic E-state index is -0.172. The summed E-state index contributed by atoms with van der Waals surface area (Å²) in [6.45, 7) is 2.24. The Balaban J connectivity index is 2.16. The number of hydrogen-bond donors (Lipinski definition) is 1. The summed E-state index contributed by atoms with van der Waals surface area (Å²) in [5, 5.41) is 0. The van der Waals surface area contributed by atoms with Crippen molar-refractivity contribution < 1.29 is 4.79 Å². The second-order valence-corrected chi connectivity index (χ2v) is 5.92. The summed E-state index contributed by atoms with van der Waals surface area (Å²) >= 11 is 0. The lowest BCUT2D eigenvalue weighted by Gasteiger charge is -2.13. The van der Waals surface area contributed by atoms with Gasteiger partial charge in [-0.2, -0.15) is 0 Å². The Bertz CT molecular complexity index is 378. The highest BCUT2D eigenvalue weighted by atomic mass is 16.1. The molecule has 0 saturated heterocycles. The SMILES string of the molecule is CCCCCCCCCCC(Cc1ccncc1)C(N)=O. The van der Waals surface area contributed by atoms with E-state index in [0.29, 0.717) is 0 Å². The van der Waals surface area contributed by atoms with Gasteiger partial charge in [0.2, 0.25) is 5.91 Å². The van der Waals surface area contributed by atoms with Gasteiger partial charge in [0.1, 0.15) is 0 Å². The fraction of sp³-hybridized carbons (Fsp3) is 0.667. The number of nitrogens with zero attached hydrogens (tertiary/aromatic N) is 1. The van der Waals surface area contributed by atoms with Crippen molar-refractivity contribution in [3.63, 3.8) is 0 Å². The number of pyridine rings is 1. The summed E-state index contributed by atoms with van der Waals surface area (Å²) in [7, 11) is 0. The van der Waals surface area contributed by atoms with Gasteiger partial charge in [-0.05, 0) is 30.5 Å². The molecule has 0 aromatic carbocycles. The first-order chi connectivity index (χ1) is 10.2. The van der Waals surface area contributed by atoms with E-state index in [1.165, 1.54) is 44.9 Å². The Hall–Kier alpha value is -1.38. The van der Waals surface area contributed by atoms with Crippen molar-refractivity contribution >= 4 is 5.91 Å². The van der Waals surface area contributed by atoms with Crippen molar-refractivity contribution in [1.29, 1.82) is 0 Å². The normalized spacial score (nSPS) is 12.2. The predicted octanol–water partition coefficient (Wildman–Crippen LogP) is 4.26. The highest BCUT2D eigenvalue weighted by Crippen LogP contribution is 2.17. The number of carbonyl (C=O) groups is 1. The summed E-state index contributed by atoms with van der Waals surface area (Å²) < 4.78 is 0. The lowest BCUT2D eigenvalue weighted by molar-refractivity contribution is -0.122. The lowest BCUT2D eigenvalue weighted by atomic mass is 9.93. The number of aromatic nitrogens is 1. The van der Waals surface area contributed by atoms with Crippen molar-refractivity contribution in [3.8, 4) is 0 Å². The maximum Gasteiger partial charge on any atom is 0.220 e. The van der Waals surface area contributed by atoms with Crippen molar-refractivity contribution in [2.24, 2.45) is 11.7 Å². The first kappa shape index (κ1) is 17.7. The van der Waals surface area contributed by atoms with Gasteiger partial charge in [0.05, 0.1) is 0 Å². The van der Waals surface area contributed by atoms with Crippen LogP contribution in [0.3, 0.4) is 0 Å². The van der Waals surface area contributed by atoms with Crippen LogP contribution in [0.4, 0.5) is 0 Å². The molecule has 0 spiro atoms. The zero-order valence-electron chi connectivity index (χ0n) is 13.4. The van der Waals surface area contributed by atoms with Crippen molar-refractivity contribution in [3.05, 3.63) is 30.1 Å². The van der Waals surface area contributed by atoms with Gasteiger partial charge in [-0.3, -0.25) is 9.78 Å². The fourth-order valence-corrected chi connectivity index (χ4v) is 2.67. The van der Waals surface area contributed by atoms with Gasteiger partial charge in [0.15, 0.2) is 0 Å². The molecule has 0 radical (unpaired) electrons. The van der Waals surface area contributed by atoms with E-state index >= 15 is 0 Å². The third-order valence-corrected chi connectivity index (χ3v) is 4.04. The molecule has 1 amide bonds. The number of nitrogens with two attached hydrogens (primary N) is 1. The Morgan fingerprint density at radius 3 is 2.19 bits per heavy atom. The molecule has 1 aromatic heterocycles. The third kappa shape index (κ3) is 8.49. The Morgan fingerprint density at radius 2 is 1.62 bits per heavy atom. The van der Waals surface area contributed by atoms with Crippen LogP contribution in [0.25, 0.3) is 0 Å². The maximum absolute atomic E-state index is 11.5. The van der Waals surface area contributed by atoms with Crippen LogP contribution < -0.4 is 5.73 Å². The largest absolute Gasteiger partial charge is 0.369 e. The van der Waals surface area contributed by atoms with E-state index < -0.39 is 0 Å². The number of hydrogen-bond acceptors (Lipinski definition) is 2. The van der Waals surface area contributed by atoms with Gasteiger partial charge in [0, 0.05) is 18.3 Å². The van der Waals surface area contributed by atoms with Crippen LogP contribution in [-0.2, 0) is 11.2 Å². The van der Waals surface area contributed by atoms with Crippen molar-refractivity contribution in [1.82, 2.24) is 4.98 Å². The fourth-order valence-electron chi connectivity index (χ4n) is 2.67. The Kier molecular flexibility index (Phi) is 9.51. The summed E-state index contributed by atoms with van der Waals surface area (Å²) in [5.41, 5.74) is 6.67. The van der Waals surface area contributed by atoms with Crippen LogP contribution in [0.5, 0.6) is 0 Å². The number of carbonyl (C=O) groups excluding carboxylic acids is 1. The molecule has 118 valence electrons. The topological polar surface area (TPSA) is 56.0 Å². The molecular weight excluding hydrogens is 260 g/mol. The number of rotatable bonds is 12. The van der Waals surface area contributed by atoms with E-state index in [2.05, 4.69) is 11.9 Å². The average molecular weight is 290 g/mol. The summed E-state index contributed by atoms with van der Waals surface area (Å²) in [4.78, 5) is 15.5. The number of amides is 1. The highest BCUT2D eigenvalue weighted by Gasteiger charge is 2.15. The predicted molar refractivity (Wildman–Crippen MR) is 87.9 cm³/mol. The van der Waals surface area contributed by atoms with Gasteiger partial charge < -0.3 is 5.73 Å². The monoisotopic (exact) mass is 290 g/mol. The van der Waals surface area contributed by atoms with E-state index in [4.69, 9.17) is 5.73 Å². The molecule has 0 saturated carbocycles.